The summed E-state index contributed by atoms with van der Waals surface area (Å²) in [7, 11) is 3.32. The first-order valence-corrected chi connectivity index (χ1v) is 7.58. The van der Waals surface area contributed by atoms with E-state index in [1.807, 2.05) is 13.8 Å². The highest BCUT2D eigenvalue weighted by molar-refractivity contribution is 5.77. The predicted molar refractivity (Wildman–Crippen MR) is 86.1 cm³/mol. The van der Waals surface area contributed by atoms with Crippen molar-refractivity contribution in [3.05, 3.63) is 22.9 Å². The number of carbonyl (C=O) groups is 1. The zero-order chi connectivity index (χ0) is 17.0. The lowest BCUT2D eigenvalue weighted by molar-refractivity contribution is -0.133. The summed E-state index contributed by atoms with van der Waals surface area (Å²) in [5.41, 5.74) is 0.254. The molecule has 0 aliphatic rings. The minimum Gasteiger partial charge on any atom is -0.383 e. The molecule has 0 unspecified atom stereocenters. The van der Waals surface area contributed by atoms with Gasteiger partial charge in [0.05, 0.1) is 12.8 Å². The number of hydrogen-bond donors (Lipinski definition) is 0. The molecule has 1 amide bonds. The summed E-state index contributed by atoms with van der Waals surface area (Å²) >= 11 is 0. The van der Waals surface area contributed by atoms with Crippen molar-refractivity contribution >= 4 is 16.9 Å². The number of hydrogen-bond acceptors (Lipinski definition) is 5. The SMILES string of the molecule is COCCN(CC(C)C)C(=O)Cn1cnc2c(cnn2C)c1=O. The summed E-state index contributed by atoms with van der Waals surface area (Å²) in [6.07, 6.45) is 2.87. The average molecular weight is 321 g/mol. The minimum atomic E-state index is -0.257. The van der Waals surface area contributed by atoms with Crippen molar-refractivity contribution in [1.82, 2.24) is 24.2 Å². The van der Waals surface area contributed by atoms with Crippen LogP contribution in [0.5, 0.6) is 0 Å². The van der Waals surface area contributed by atoms with Gasteiger partial charge in [0, 0.05) is 27.2 Å². The number of fused-ring (bicyclic) bond motifs is 1. The van der Waals surface area contributed by atoms with Crippen molar-refractivity contribution in [3.8, 4) is 0 Å². The fraction of sp³-hybridized carbons (Fsp3) is 0.600. The molecular weight excluding hydrogens is 298 g/mol. The van der Waals surface area contributed by atoms with Crippen LogP contribution in [0.4, 0.5) is 0 Å². The monoisotopic (exact) mass is 321 g/mol. The smallest absolute Gasteiger partial charge is 0.264 e. The van der Waals surface area contributed by atoms with E-state index in [-0.39, 0.29) is 18.0 Å². The normalized spacial score (nSPS) is 11.3. The summed E-state index contributed by atoms with van der Waals surface area (Å²) < 4.78 is 7.91. The van der Waals surface area contributed by atoms with E-state index in [4.69, 9.17) is 4.74 Å². The van der Waals surface area contributed by atoms with E-state index in [1.54, 1.807) is 19.1 Å². The van der Waals surface area contributed by atoms with Gasteiger partial charge < -0.3 is 9.64 Å². The van der Waals surface area contributed by atoms with E-state index in [0.29, 0.717) is 36.6 Å². The molecule has 23 heavy (non-hydrogen) atoms. The molecule has 2 aromatic rings. The lowest BCUT2D eigenvalue weighted by Crippen LogP contribution is -2.40. The van der Waals surface area contributed by atoms with E-state index in [2.05, 4.69) is 10.1 Å². The van der Waals surface area contributed by atoms with Crippen LogP contribution in [0.25, 0.3) is 11.0 Å². The first kappa shape index (κ1) is 17.1. The van der Waals surface area contributed by atoms with E-state index >= 15 is 0 Å². The molecule has 8 heteroatoms. The molecule has 0 fully saturated rings. The van der Waals surface area contributed by atoms with Gasteiger partial charge in [0.1, 0.15) is 18.3 Å². The molecule has 0 saturated heterocycles. The van der Waals surface area contributed by atoms with Crippen LogP contribution >= 0.6 is 0 Å². The molecule has 126 valence electrons. The molecule has 0 spiro atoms. The first-order valence-electron chi connectivity index (χ1n) is 7.58. The van der Waals surface area contributed by atoms with Crippen molar-refractivity contribution in [3.63, 3.8) is 0 Å². The molecule has 0 aliphatic carbocycles. The molecule has 8 nitrogen and oxygen atoms in total. The Kier molecular flexibility index (Phi) is 5.49. The Hall–Kier alpha value is -2.22. The number of nitrogens with zero attached hydrogens (tertiary/aromatic N) is 5. The molecule has 0 aliphatic heterocycles. The van der Waals surface area contributed by atoms with Crippen molar-refractivity contribution in [2.75, 3.05) is 26.8 Å². The number of ether oxygens (including phenoxy) is 1. The standard InChI is InChI=1S/C15H23N5O3/c1-11(2)8-19(5-6-23-4)13(21)9-20-10-16-14-12(15(20)22)7-17-18(14)3/h7,10-11H,5-6,8-9H2,1-4H3. The van der Waals surface area contributed by atoms with Gasteiger partial charge in [-0.25, -0.2) is 4.98 Å². The van der Waals surface area contributed by atoms with Crippen molar-refractivity contribution in [2.45, 2.75) is 20.4 Å². The highest BCUT2D eigenvalue weighted by Gasteiger charge is 2.17. The topological polar surface area (TPSA) is 82.2 Å². The number of carbonyl (C=O) groups excluding carboxylic acids is 1. The third kappa shape index (κ3) is 3.95. The molecule has 2 rings (SSSR count). The first-order chi connectivity index (χ1) is 10.9. The summed E-state index contributed by atoms with van der Waals surface area (Å²) in [6, 6.07) is 0. The molecule has 0 radical (unpaired) electrons. The van der Waals surface area contributed by atoms with Crippen LogP contribution in [0.3, 0.4) is 0 Å². The Morgan fingerprint density at radius 3 is 2.83 bits per heavy atom. The number of aromatic nitrogens is 4. The van der Waals surface area contributed by atoms with Crippen LogP contribution < -0.4 is 5.56 Å². The maximum atomic E-state index is 12.5. The largest absolute Gasteiger partial charge is 0.383 e. The zero-order valence-corrected chi connectivity index (χ0v) is 14.0. The quantitative estimate of drug-likeness (QED) is 0.730. The Morgan fingerprint density at radius 1 is 1.43 bits per heavy atom. The van der Waals surface area contributed by atoms with Crippen LogP contribution in [-0.4, -0.2) is 56.9 Å². The predicted octanol–water partition coefficient (Wildman–Crippen LogP) is 0.261. The van der Waals surface area contributed by atoms with Crippen LogP contribution in [0.1, 0.15) is 13.8 Å². The molecular formula is C15H23N5O3. The fourth-order valence-electron chi connectivity index (χ4n) is 2.38. The third-order valence-electron chi connectivity index (χ3n) is 3.53. The Balaban J connectivity index is 2.20. The van der Waals surface area contributed by atoms with Crippen LogP contribution in [0, 0.1) is 5.92 Å². The van der Waals surface area contributed by atoms with Gasteiger partial charge in [-0.15, -0.1) is 0 Å². The van der Waals surface area contributed by atoms with Gasteiger partial charge >= 0.3 is 0 Å². The molecule has 0 atom stereocenters. The summed E-state index contributed by atoms with van der Waals surface area (Å²) in [5.74, 6) is 0.217. The van der Waals surface area contributed by atoms with E-state index in [1.165, 1.54) is 21.8 Å². The van der Waals surface area contributed by atoms with Crippen LogP contribution in [0.2, 0.25) is 0 Å². The van der Waals surface area contributed by atoms with Gasteiger partial charge in [-0.3, -0.25) is 18.8 Å². The van der Waals surface area contributed by atoms with Crippen LogP contribution in [-0.2, 0) is 23.1 Å². The Labute approximate surface area is 134 Å². The van der Waals surface area contributed by atoms with Crippen LogP contribution in [0.15, 0.2) is 17.3 Å². The van der Waals surface area contributed by atoms with E-state index in [9.17, 15) is 9.59 Å². The number of methoxy groups -OCH3 is 1. The van der Waals surface area contributed by atoms with Crippen molar-refractivity contribution in [2.24, 2.45) is 13.0 Å². The summed E-state index contributed by atoms with van der Waals surface area (Å²) in [5, 5.41) is 4.43. The second kappa shape index (κ2) is 7.36. The minimum absolute atomic E-state index is 0.0346. The lowest BCUT2D eigenvalue weighted by Gasteiger charge is -2.24. The fourth-order valence-corrected chi connectivity index (χ4v) is 2.38. The molecule has 2 aromatic heterocycles. The highest BCUT2D eigenvalue weighted by atomic mass is 16.5. The molecule has 2 heterocycles. The molecule has 0 bridgehead atoms. The Morgan fingerprint density at radius 2 is 2.17 bits per heavy atom. The van der Waals surface area contributed by atoms with Gasteiger partial charge in [-0.1, -0.05) is 13.8 Å². The van der Waals surface area contributed by atoms with Gasteiger partial charge in [0.25, 0.3) is 5.56 Å². The van der Waals surface area contributed by atoms with Crippen molar-refractivity contribution in [1.29, 1.82) is 0 Å². The summed E-state index contributed by atoms with van der Waals surface area (Å²) in [4.78, 5) is 30.8. The third-order valence-corrected chi connectivity index (χ3v) is 3.53. The number of aryl methyl sites for hydroxylation is 1. The van der Waals surface area contributed by atoms with Gasteiger partial charge in [-0.2, -0.15) is 5.10 Å². The second-order valence-corrected chi connectivity index (χ2v) is 5.91. The molecule has 0 N–H and O–H groups in total. The summed E-state index contributed by atoms with van der Waals surface area (Å²) in [6.45, 7) is 5.65. The number of amides is 1. The van der Waals surface area contributed by atoms with E-state index in [0.717, 1.165) is 0 Å². The van der Waals surface area contributed by atoms with Crippen molar-refractivity contribution < 1.29 is 9.53 Å². The maximum Gasteiger partial charge on any atom is 0.264 e. The van der Waals surface area contributed by atoms with Gasteiger partial charge in [0.2, 0.25) is 5.91 Å². The highest BCUT2D eigenvalue weighted by Crippen LogP contribution is 2.04. The van der Waals surface area contributed by atoms with E-state index < -0.39 is 0 Å². The zero-order valence-electron chi connectivity index (χ0n) is 14.0. The van der Waals surface area contributed by atoms with Gasteiger partial charge in [-0.05, 0) is 5.92 Å². The second-order valence-electron chi connectivity index (χ2n) is 5.91. The average Bonchev–Trinajstić information content (AvgIpc) is 2.88. The Bertz CT molecular complexity index is 734. The van der Waals surface area contributed by atoms with Gasteiger partial charge in [0.15, 0.2) is 5.65 Å². The molecule has 0 aromatic carbocycles. The number of rotatable bonds is 7. The molecule has 0 saturated carbocycles. The maximum absolute atomic E-state index is 12.5. The lowest BCUT2D eigenvalue weighted by atomic mass is 10.2.